The number of hydrogen-bond donors (Lipinski definition) is 2. The predicted octanol–water partition coefficient (Wildman–Crippen LogP) is 2.44. The molecule has 20 heavy (non-hydrogen) atoms. The number of H-pyrrole nitrogens is 2. The van der Waals surface area contributed by atoms with Crippen LogP contribution in [0.15, 0.2) is 49.8 Å². The molecule has 2 aromatic rings. The van der Waals surface area contributed by atoms with Gasteiger partial charge in [0.25, 0.3) is 0 Å². The van der Waals surface area contributed by atoms with Gasteiger partial charge in [-0.05, 0) is 24.3 Å². The van der Waals surface area contributed by atoms with Crippen molar-refractivity contribution in [1.82, 2.24) is 20.4 Å². The molecule has 0 fully saturated rings. The van der Waals surface area contributed by atoms with E-state index < -0.39 is 18.4 Å². The number of carbonyl (C=O) groups is 1. The van der Waals surface area contributed by atoms with Crippen molar-refractivity contribution in [2.75, 3.05) is 0 Å². The van der Waals surface area contributed by atoms with Gasteiger partial charge in [0.15, 0.2) is 12.2 Å². The van der Waals surface area contributed by atoms with Crippen molar-refractivity contribution < 1.29 is 14.3 Å². The smallest absolute Gasteiger partial charge is 0.420 e. The monoisotopic (exact) mass is 274 g/mol. The van der Waals surface area contributed by atoms with Gasteiger partial charge in [-0.25, -0.2) is 4.79 Å². The summed E-state index contributed by atoms with van der Waals surface area (Å²) in [7, 11) is 0. The van der Waals surface area contributed by atoms with Gasteiger partial charge in [0.2, 0.25) is 0 Å². The van der Waals surface area contributed by atoms with Gasteiger partial charge in [0, 0.05) is 12.4 Å². The Bertz CT molecular complexity index is 512. The van der Waals surface area contributed by atoms with E-state index in [1.165, 1.54) is 12.2 Å². The van der Waals surface area contributed by atoms with Gasteiger partial charge in [0.05, 0.1) is 11.4 Å². The lowest BCUT2D eigenvalue weighted by Crippen LogP contribution is -2.14. The first-order chi connectivity index (χ1) is 9.74. The summed E-state index contributed by atoms with van der Waals surface area (Å²) >= 11 is 0. The molecule has 7 heteroatoms. The van der Waals surface area contributed by atoms with E-state index in [2.05, 4.69) is 33.6 Å². The Morgan fingerprint density at radius 2 is 1.50 bits per heavy atom. The molecular formula is C13H14N4O3. The standard InChI is InChI=1S/C13H14N4O3/c1-3-11(9-5-7-14-16-9)19-13(18)20-12(4-2)10-6-8-15-17-10/h3-8,11-12H,1-2H2,(H,14,16)(H,15,17). The van der Waals surface area contributed by atoms with E-state index in [0.717, 1.165) is 0 Å². The molecule has 0 amide bonds. The van der Waals surface area contributed by atoms with E-state index in [1.807, 2.05) is 0 Å². The zero-order chi connectivity index (χ0) is 14.4. The topological polar surface area (TPSA) is 92.9 Å². The molecule has 0 aromatic carbocycles. The van der Waals surface area contributed by atoms with E-state index in [4.69, 9.17) is 9.47 Å². The van der Waals surface area contributed by atoms with Crippen LogP contribution in [0.5, 0.6) is 0 Å². The summed E-state index contributed by atoms with van der Waals surface area (Å²) in [6.07, 6.45) is 3.88. The van der Waals surface area contributed by atoms with Crippen LogP contribution in [0.1, 0.15) is 23.6 Å². The second kappa shape index (κ2) is 6.37. The van der Waals surface area contributed by atoms with E-state index in [1.54, 1.807) is 24.5 Å². The maximum atomic E-state index is 11.8. The number of aromatic nitrogens is 4. The quantitative estimate of drug-likeness (QED) is 0.623. The van der Waals surface area contributed by atoms with Crippen LogP contribution in [-0.2, 0) is 9.47 Å². The molecule has 0 radical (unpaired) electrons. The summed E-state index contributed by atoms with van der Waals surface area (Å²) in [5.74, 6) is 0. The molecule has 2 N–H and O–H groups in total. The number of nitrogens with zero attached hydrogens (tertiary/aromatic N) is 2. The minimum Gasteiger partial charge on any atom is -0.420 e. The fourth-order valence-electron chi connectivity index (χ4n) is 1.56. The van der Waals surface area contributed by atoms with Crippen molar-refractivity contribution >= 4 is 6.16 Å². The molecule has 104 valence electrons. The molecule has 2 aromatic heterocycles. The Morgan fingerprint density at radius 1 is 1.05 bits per heavy atom. The van der Waals surface area contributed by atoms with Crippen molar-refractivity contribution in [3.05, 3.63) is 61.2 Å². The van der Waals surface area contributed by atoms with Gasteiger partial charge in [-0.3, -0.25) is 10.2 Å². The molecule has 0 spiro atoms. The maximum Gasteiger partial charge on any atom is 0.510 e. The molecule has 2 rings (SSSR count). The predicted molar refractivity (Wildman–Crippen MR) is 70.6 cm³/mol. The minimum absolute atomic E-state index is 0.605. The highest BCUT2D eigenvalue weighted by Crippen LogP contribution is 2.20. The number of rotatable bonds is 6. The van der Waals surface area contributed by atoms with Crippen LogP contribution in [0, 0.1) is 0 Å². The summed E-state index contributed by atoms with van der Waals surface area (Å²) in [5, 5.41) is 13.0. The lowest BCUT2D eigenvalue weighted by Gasteiger charge is -2.15. The van der Waals surface area contributed by atoms with Crippen LogP contribution in [0.2, 0.25) is 0 Å². The van der Waals surface area contributed by atoms with E-state index in [0.29, 0.717) is 11.4 Å². The Labute approximate surface area is 115 Å². The van der Waals surface area contributed by atoms with Crippen LogP contribution < -0.4 is 0 Å². The van der Waals surface area contributed by atoms with Gasteiger partial charge < -0.3 is 9.47 Å². The van der Waals surface area contributed by atoms with E-state index >= 15 is 0 Å². The maximum absolute atomic E-state index is 11.8. The number of hydrogen-bond acceptors (Lipinski definition) is 5. The fourth-order valence-corrected chi connectivity index (χ4v) is 1.56. The first-order valence-electron chi connectivity index (χ1n) is 5.85. The highest BCUT2D eigenvalue weighted by atomic mass is 16.7. The summed E-state index contributed by atoms with van der Waals surface area (Å²) in [4.78, 5) is 11.8. The summed E-state index contributed by atoms with van der Waals surface area (Å²) in [5.41, 5.74) is 1.21. The van der Waals surface area contributed by atoms with Crippen LogP contribution in [0.25, 0.3) is 0 Å². The molecule has 0 aliphatic rings. The lowest BCUT2D eigenvalue weighted by molar-refractivity contribution is 0.0185. The third-order valence-corrected chi connectivity index (χ3v) is 2.53. The van der Waals surface area contributed by atoms with Gasteiger partial charge in [0.1, 0.15) is 0 Å². The molecule has 2 heterocycles. The first kappa shape index (κ1) is 13.6. The molecule has 0 aliphatic carbocycles. The van der Waals surface area contributed by atoms with E-state index in [-0.39, 0.29) is 0 Å². The molecule has 0 aliphatic heterocycles. The summed E-state index contributed by atoms with van der Waals surface area (Å²) < 4.78 is 10.3. The first-order valence-corrected chi connectivity index (χ1v) is 5.85. The zero-order valence-electron chi connectivity index (χ0n) is 10.7. The third-order valence-electron chi connectivity index (χ3n) is 2.53. The van der Waals surface area contributed by atoms with Crippen LogP contribution in [-0.4, -0.2) is 26.6 Å². The summed E-state index contributed by atoms with van der Waals surface area (Å²) in [6.45, 7) is 7.20. The molecule has 0 bridgehead atoms. The van der Waals surface area contributed by atoms with Crippen molar-refractivity contribution in [2.45, 2.75) is 12.2 Å². The average Bonchev–Trinajstić information content (AvgIpc) is 3.14. The van der Waals surface area contributed by atoms with Gasteiger partial charge in [-0.15, -0.1) is 0 Å². The molecular weight excluding hydrogens is 260 g/mol. The molecule has 7 nitrogen and oxygen atoms in total. The van der Waals surface area contributed by atoms with Crippen LogP contribution in [0.3, 0.4) is 0 Å². The second-order valence-electron chi connectivity index (χ2n) is 3.82. The largest absolute Gasteiger partial charge is 0.510 e. The average molecular weight is 274 g/mol. The van der Waals surface area contributed by atoms with E-state index in [9.17, 15) is 4.79 Å². The van der Waals surface area contributed by atoms with Gasteiger partial charge in [-0.2, -0.15) is 10.2 Å². The van der Waals surface area contributed by atoms with Gasteiger partial charge >= 0.3 is 6.16 Å². The van der Waals surface area contributed by atoms with Crippen molar-refractivity contribution in [1.29, 1.82) is 0 Å². The Balaban J connectivity index is 1.97. The molecule has 2 unspecified atom stereocenters. The summed E-state index contributed by atoms with van der Waals surface area (Å²) in [6, 6.07) is 3.36. The minimum atomic E-state index is -0.844. The highest BCUT2D eigenvalue weighted by Gasteiger charge is 2.20. The Morgan fingerprint density at radius 3 is 1.80 bits per heavy atom. The second-order valence-corrected chi connectivity index (χ2v) is 3.82. The van der Waals surface area contributed by atoms with Crippen molar-refractivity contribution in [3.8, 4) is 0 Å². The number of nitrogens with one attached hydrogen (secondary N) is 2. The Kier molecular flexibility index (Phi) is 4.33. The number of carbonyl (C=O) groups excluding carboxylic acids is 1. The van der Waals surface area contributed by atoms with Crippen LogP contribution >= 0.6 is 0 Å². The highest BCUT2D eigenvalue weighted by molar-refractivity contribution is 5.61. The van der Waals surface area contributed by atoms with Gasteiger partial charge in [-0.1, -0.05) is 13.2 Å². The zero-order valence-corrected chi connectivity index (χ0v) is 10.7. The SMILES string of the molecule is C=CC(OC(=O)OC(C=C)c1ccn[nH]1)c1ccn[nH]1. The molecule has 0 saturated carbocycles. The van der Waals surface area contributed by atoms with Crippen LogP contribution in [0.4, 0.5) is 4.79 Å². The van der Waals surface area contributed by atoms with Crippen molar-refractivity contribution in [2.24, 2.45) is 0 Å². The normalized spacial score (nSPS) is 13.2. The fraction of sp³-hybridized carbons (Fsp3) is 0.154. The van der Waals surface area contributed by atoms with Crippen molar-refractivity contribution in [3.63, 3.8) is 0 Å². The lowest BCUT2D eigenvalue weighted by atomic mass is 10.2. The third kappa shape index (κ3) is 3.14. The number of ether oxygens (including phenoxy) is 2. The molecule has 2 atom stereocenters. The number of aromatic amines is 2. The Hall–Kier alpha value is -2.83. The molecule has 0 saturated heterocycles.